The first-order chi connectivity index (χ1) is 11.1. The van der Waals surface area contributed by atoms with Crippen LogP contribution in [0.3, 0.4) is 0 Å². The molecule has 0 spiro atoms. The quantitative estimate of drug-likeness (QED) is 0.740. The summed E-state index contributed by atoms with van der Waals surface area (Å²) in [4.78, 5) is 9.80. The minimum atomic E-state index is -0.352. The molecule has 23 heavy (non-hydrogen) atoms. The third-order valence-electron chi connectivity index (χ3n) is 3.34. The smallest absolute Gasteiger partial charge is 0.193 e. The molecule has 5 nitrogen and oxygen atoms in total. The van der Waals surface area contributed by atoms with Crippen LogP contribution in [-0.4, -0.2) is 26.7 Å². The number of hydrogen-bond acceptors (Lipinski definition) is 5. The first kappa shape index (κ1) is 16.0. The van der Waals surface area contributed by atoms with Crippen molar-refractivity contribution in [2.45, 2.75) is 19.8 Å². The number of aromatic amines is 1. The molecule has 3 rings (SSSR count). The number of thiazole rings is 1. The van der Waals surface area contributed by atoms with Crippen molar-refractivity contribution in [3.63, 3.8) is 0 Å². The highest BCUT2D eigenvalue weighted by atomic mass is 35.5. The minimum absolute atomic E-state index is 0.256. The third kappa shape index (κ3) is 3.41. The lowest BCUT2D eigenvalue weighted by Gasteiger charge is -2.02. The number of aryl methyl sites for hydroxylation is 1. The molecular weight excluding hydrogens is 337 g/mol. The Morgan fingerprint density at radius 2 is 2.17 bits per heavy atom. The summed E-state index contributed by atoms with van der Waals surface area (Å²) < 4.78 is 13.9. The number of halogens is 2. The summed E-state index contributed by atoms with van der Waals surface area (Å²) in [7, 11) is 0. The van der Waals surface area contributed by atoms with Gasteiger partial charge in [-0.25, -0.2) is 14.4 Å². The van der Waals surface area contributed by atoms with Crippen LogP contribution >= 0.6 is 22.9 Å². The van der Waals surface area contributed by atoms with Crippen molar-refractivity contribution in [3.8, 4) is 10.7 Å². The lowest BCUT2D eigenvalue weighted by Crippen LogP contribution is -2.01. The number of benzene rings is 1. The van der Waals surface area contributed by atoms with E-state index in [0.29, 0.717) is 28.8 Å². The molecule has 2 heterocycles. The van der Waals surface area contributed by atoms with Crippen LogP contribution in [0.5, 0.6) is 0 Å². The first-order valence-electron chi connectivity index (χ1n) is 7.09. The number of rotatable bonds is 5. The van der Waals surface area contributed by atoms with E-state index in [9.17, 15) is 4.39 Å². The Morgan fingerprint density at radius 3 is 2.91 bits per heavy atom. The van der Waals surface area contributed by atoms with Crippen molar-refractivity contribution >= 4 is 22.9 Å². The van der Waals surface area contributed by atoms with E-state index in [-0.39, 0.29) is 12.2 Å². The number of H-pyrrole nitrogens is 1. The summed E-state index contributed by atoms with van der Waals surface area (Å²) in [5.74, 6) is 0.764. The minimum Gasteiger partial charge on any atom is -0.330 e. The summed E-state index contributed by atoms with van der Waals surface area (Å²) in [6.07, 6.45) is 0.986. The molecule has 0 radical (unpaired) electrons. The zero-order valence-electron chi connectivity index (χ0n) is 12.4. The summed E-state index contributed by atoms with van der Waals surface area (Å²) in [5.41, 5.74) is 6.83. The second kappa shape index (κ2) is 6.74. The number of aromatic nitrogens is 4. The van der Waals surface area contributed by atoms with Gasteiger partial charge >= 0.3 is 0 Å². The largest absolute Gasteiger partial charge is 0.330 e. The Labute approximate surface area is 141 Å². The maximum Gasteiger partial charge on any atom is 0.193 e. The van der Waals surface area contributed by atoms with E-state index in [1.165, 1.54) is 17.4 Å². The van der Waals surface area contributed by atoms with Crippen LogP contribution in [0, 0.1) is 12.7 Å². The summed E-state index contributed by atoms with van der Waals surface area (Å²) >= 11 is 7.57. The summed E-state index contributed by atoms with van der Waals surface area (Å²) in [6.45, 7) is 2.47. The topological polar surface area (TPSA) is 80.5 Å². The van der Waals surface area contributed by atoms with Crippen LogP contribution in [-0.2, 0) is 12.8 Å². The van der Waals surface area contributed by atoms with Gasteiger partial charge in [0.05, 0.1) is 15.6 Å². The predicted molar refractivity (Wildman–Crippen MR) is 89.2 cm³/mol. The molecule has 0 atom stereocenters. The molecule has 0 unspecified atom stereocenters. The van der Waals surface area contributed by atoms with E-state index in [1.54, 1.807) is 12.1 Å². The van der Waals surface area contributed by atoms with Crippen LogP contribution in [0.15, 0.2) is 18.2 Å². The highest BCUT2D eigenvalue weighted by molar-refractivity contribution is 7.15. The van der Waals surface area contributed by atoms with E-state index in [1.807, 2.05) is 6.92 Å². The Hall–Kier alpha value is -1.83. The molecule has 0 bridgehead atoms. The highest BCUT2D eigenvalue weighted by Crippen LogP contribution is 2.28. The van der Waals surface area contributed by atoms with Gasteiger partial charge in [-0.2, -0.15) is 5.10 Å². The fourth-order valence-electron chi connectivity index (χ4n) is 2.23. The van der Waals surface area contributed by atoms with Crippen LogP contribution in [0.25, 0.3) is 10.7 Å². The number of nitrogens with zero attached hydrogens (tertiary/aromatic N) is 3. The van der Waals surface area contributed by atoms with E-state index in [4.69, 9.17) is 17.3 Å². The van der Waals surface area contributed by atoms with Gasteiger partial charge in [0.15, 0.2) is 5.82 Å². The Kier molecular flexibility index (Phi) is 4.70. The molecule has 120 valence electrons. The molecule has 0 fully saturated rings. The standard InChI is InChI=1S/C15H15ClFN5S/c1-8-14(23-13(19-8)5-6-18)15-20-12(21-22-15)7-9-10(16)3-2-4-11(9)17/h2-4H,5-7,18H2,1H3,(H,20,21,22). The van der Waals surface area contributed by atoms with E-state index >= 15 is 0 Å². The van der Waals surface area contributed by atoms with Crippen LogP contribution < -0.4 is 5.73 Å². The van der Waals surface area contributed by atoms with Gasteiger partial charge < -0.3 is 5.73 Å². The lowest BCUT2D eigenvalue weighted by atomic mass is 10.1. The molecule has 0 saturated carbocycles. The van der Waals surface area contributed by atoms with Crippen LogP contribution in [0.4, 0.5) is 4.39 Å². The molecule has 0 aliphatic carbocycles. The summed E-state index contributed by atoms with van der Waals surface area (Å²) in [5, 5.41) is 8.40. The van der Waals surface area contributed by atoms with Gasteiger partial charge in [0.25, 0.3) is 0 Å². The lowest BCUT2D eigenvalue weighted by molar-refractivity contribution is 0.612. The van der Waals surface area contributed by atoms with Crippen LogP contribution in [0.2, 0.25) is 5.02 Å². The Bertz CT molecular complexity index is 809. The van der Waals surface area contributed by atoms with Crippen molar-refractivity contribution in [1.82, 2.24) is 20.2 Å². The predicted octanol–water partition coefficient (Wildman–Crippen LogP) is 3.12. The van der Waals surface area contributed by atoms with Gasteiger partial charge in [0.1, 0.15) is 11.6 Å². The average Bonchev–Trinajstić information content (AvgIpc) is 3.10. The van der Waals surface area contributed by atoms with E-state index < -0.39 is 0 Å². The molecule has 0 aliphatic rings. The SMILES string of the molecule is Cc1nc(CCN)sc1-c1n[nH]c(Cc2c(F)cccc2Cl)n1. The van der Waals surface area contributed by atoms with Gasteiger partial charge in [-0.1, -0.05) is 17.7 Å². The number of hydrogen-bond donors (Lipinski definition) is 2. The fourth-order valence-corrected chi connectivity index (χ4v) is 3.48. The first-order valence-corrected chi connectivity index (χ1v) is 8.29. The second-order valence-corrected chi connectivity index (χ2v) is 6.53. The third-order valence-corrected chi connectivity index (χ3v) is 4.91. The number of nitrogens with two attached hydrogens (primary N) is 1. The second-order valence-electron chi connectivity index (χ2n) is 5.04. The molecule has 3 aromatic rings. The van der Waals surface area contributed by atoms with Crippen molar-refractivity contribution in [1.29, 1.82) is 0 Å². The average molecular weight is 352 g/mol. The van der Waals surface area contributed by atoms with Gasteiger partial charge in [0, 0.05) is 23.4 Å². The van der Waals surface area contributed by atoms with E-state index in [2.05, 4.69) is 20.2 Å². The van der Waals surface area contributed by atoms with E-state index in [0.717, 1.165) is 22.0 Å². The van der Waals surface area contributed by atoms with Gasteiger partial charge in [-0.15, -0.1) is 11.3 Å². The molecule has 0 amide bonds. The molecular formula is C15H15ClFN5S. The normalized spacial score (nSPS) is 11.1. The monoisotopic (exact) mass is 351 g/mol. The van der Waals surface area contributed by atoms with Crippen LogP contribution in [0.1, 0.15) is 22.1 Å². The Balaban J connectivity index is 1.86. The van der Waals surface area contributed by atoms with Crippen molar-refractivity contribution < 1.29 is 4.39 Å². The molecule has 8 heteroatoms. The fraction of sp³-hybridized carbons (Fsp3) is 0.267. The molecule has 3 N–H and O–H groups in total. The molecule has 1 aromatic carbocycles. The van der Waals surface area contributed by atoms with Gasteiger partial charge in [0.2, 0.25) is 0 Å². The van der Waals surface area contributed by atoms with Crippen molar-refractivity contribution in [2.75, 3.05) is 6.54 Å². The molecule has 0 saturated heterocycles. The zero-order valence-corrected chi connectivity index (χ0v) is 14.0. The van der Waals surface area contributed by atoms with Crippen molar-refractivity contribution in [2.24, 2.45) is 5.73 Å². The van der Waals surface area contributed by atoms with Crippen molar-refractivity contribution in [3.05, 3.63) is 51.1 Å². The van der Waals surface area contributed by atoms with Gasteiger partial charge in [-0.3, -0.25) is 5.10 Å². The maximum absolute atomic E-state index is 13.9. The molecule has 2 aromatic heterocycles. The highest BCUT2D eigenvalue weighted by Gasteiger charge is 2.16. The Morgan fingerprint density at radius 1 is 1.35 bits per heavy atom. The summed E-state index contributed by atoms with van der Waals surface area (Å²) in [6, 6.07) is 4.61. The van der Waals surface area contributed by atoms with Gasteiger partial charge in [-0.05, 0) is 25.6 Å². The number of nitrogens with one attached hydrogen (secondary N) is 1. The maximum atomic E-state index is 13.9. The molecule has 0 aliphatic heterocycles. The zero-order chi connectivity index (χ0) is 16.4.